The molecule has 23 heavy (non-hydrogen) atoms. The van der Waals surface area contributed by atoms with E-state index in [-0.39, 0.29) is 24.8 Å². The van der Waals surface area contributed by atoms with Gasteiger partial charge in [-0.3, -0.25) is 14.5 Å². The number of carbonyl (C=O) groups excluding carboxylic acids is 3. The number of carboxylic acid groups (broad SMARTS) is 1. The Balaban J connectivity index is 2.10. The number of nitrogens with one attached hydrogen (secondary N) is 1. The lowest BCUT2D eigenvalue weighted by atomic mass is 10.2. The summed E-state index contributed by atoms with van der Waals surface area (Å²) in [7, 11) is 0. The molecule has 0 atom stereocenters. The molecule has 1 aliphatic rings. The van der Waals surface area contributed by atoms with Gasteiger partial charge in [0.25, 0.3) is 5.91 Å². The van der Waals surface area contributed by atoms with Crippen LogP contribution in [0.4, 0.5) is 5.69 Å². The Morgan fingerprint density at radius 3 is 2.57 bits per heavy atom. The van der Waals surface area contributed by atoms with Crippen LogP contribution in [0.5, 0.6) is 0 Å². The molecular formula is C15H13N2O4S2-. The summed E-state index contributed by atoms with van der Waals surface area (Å²) in [5, 5.41) is 13.2. The summed E-state index contributed by atoms with van der Waals surface area (Å²) in [6.45, 7) is 1.43. The maximum Gasteiger partial charge on any atom is 0.266 e. The molecule has 1 aromatic carbocycles. The highest BCUT2D eigenvalue weighted by atomic mass is 32.2. The van der Waals surface area contributed by atoms with Crippen molar-refractivity contribution in [3.05, 3.63) is 34.7 Å². The minimum absolute atomic E-state index is 0.00576. The molecule has 0 radical (unpaired) electrons. The lowest BCUT2D eigenvalue weighted by molar-refractivity contribution is -0.305. The third-order valence-electron chi connectivity index (χ3n) is 2.94. The van der Waals surface area contributed by atoms with Gasteiger partial charge in [0, 0.05) is 31.5 Å². The number of thioether (sulfide) groups is 1. The zero-order valence-corrected chi connectivity index (χ0v) is 13.8. The van der Waals surface area contributed by atoms with Gasteiger partial charge in [-0.2, -0.15) is 0 Å². The van der Waals surface area contributed by atoms with E-state index in [4.69, 9.17) is 12.2 Å². The van der Waals surface area contributed by atoms with Gasteiger partial charge in [-0.05, 0) is 23.8 Å². The Kier molecular flexibility index (Phi) is 5.51. The van der Waals surface area contributed by atoms with Gasteiger partial charge in [0.1, 0.15) is 4.32 Å². The highest BCUT2D eigenvalue weighted by Crippen LogP contribution is 2.32. The molecule has 8 heteroatoms. The lowest BCUT2D eigenvalue weighted by Gasteiger charge is -2.14. The molecule has 0 aliphatic carbocycles. The number of nitrogens with zero attached hydrogens (tertiary/aromatic N) is 1. The highest BCUT2D eigenvalue weighted by molar-refractivity contribution is 8.26. The normalized spacial score (nSPS) is 16.0. The monoisotopic (exact) mass is 349 g/mol. The number of carbonyl (C=O) groups is 3. The summed E-state index contributed by atoms with van der Waals surface area (Å²) in [6, 6.07) is 6.98. The second-order valence-corrected chi connectivity index (χ2v) is 6.43. The molecule has 2 rings (SSSR count). The molecule has 120 valence electrons. The molecule has 0 bridgehead atoms. The van der Waals surface area contributed by atoms with Gasteiger partial charge < -0.3 is 15.2 Å². The molecule has 0 unspecified atom stereocenters. The molecule has 2 amide bonds. The van der Waals surface area contributed by atoms with E-state index in [0.717, 1.165) is 17.3 Å². The predicted octanol–water partition coefficient (Wildman–Crippen LogP) is 0.986. The van der Waals surface area contributed by atoms with Crippen LogP contribution in [0.1, 0.15) is 18.9 Å². The van der Waals surface area contributed by atoms with Crippen molar-refractivity contribution in [3.63, 3.8) is 0 Å². The van der Waals surface area contributed by atoms with Crippen LogP contribution >= 0.6 is 24.0 Å². The molecule has 1 aliphatic heterocycles. The minimum atomic E-state index is -1.23. The number of hydrogen-bond donors (Lipinski definition) is 1. The molecule has 0 aromatic heterocycles. The fourth-order valence-electron chi connectivity index (χ4n) is 1.91. The molecule has 6 nitrogen and oxygen atoms in total. The molecule has 0 spiro atoms. The van der Waals surface area contributed by atoms with Crippen molar-refractivity contribution < 1.29 is 19.5 Å². The number of thiocarbonyl (C=S) groups is 1. The zero-order valence-electron chi connectivity index (χ0n) is 12.2. The van der Waals surface area contributed by atoms with E-state index in [1.54, 1.807) is 30.3 Å². The van der Waals surface area contributed by atoms with Gasteiger partial charge >= 0.3 is 0 Å². The van der Waals surface area contributed by atoms with Crippen molar-refractivity contribution in [2.75, 3.05) is 11.9 Å². The number of hydrogen-bond acceptors (Lipinski definition) is 6. The fraction of sp³-hybridized carbons (Fsp3) is 0.200. The van der Waals surface area contributed by atoms with Gasteiger partial charge in [-0.15, -0.1) is 0 Å². The van der Waals surface area contributed by atoms with Crippen molar-refractivity contribution in [1.29, 1.82) is 0 Å². The quantitative estimate of drug-likeness (QED) is 0.630. The maximum absolute atomic E-state index is 12.2. The van der Waals surface area contributed by atoms with Crippen molar-refractivity contribution in [2.45, 2.75) is 13.3 Å². The zero-order chi connectivity index (χ0) is 17.0. The average molecular weight is 349 g/mol. The Morgan fingerprint density at radius 2 is 2.00 bits per heavy atom. The number of rotatable bonds is 5. The van der Waals surface area contributed by atoms with Gasteiger partial charge in [-0.1, -0.05) is 36.1 Å². The third-order valence-corrected chi connectivity index (χ3v) is 4.32. The number of benzene rings is 1. The van der Waals surface area contributed by atoms with Crippen LogP contribution in [-0.4, -0.2) is 33.5 Å². The van der Waals surface area contributed by atoms with Crippen LogP contribution in [0.3, 0.4) is 0 Å². The first-order valence-corrected chi connectivity index (χ1v) is 7.92. The molecule has 1 saturated heterocycles. The summed E-state index contributed by atoms with van der Waals surface area (Å²) < 4.78 is 0.331. The predicted molar refractivity (Wildman–Crippen MR) is 90.2 cm³/mol. The molecule has 1 fully saturated rings. The number of amides is 2. The van der Waals surface area contributed by atoms with Crippen molar-refractivity contribution in [2.24, 2.45) is 0 Å². The summed E-state index contributed by atoms with van der Waals surface area (Å²) in [5.41, 5.74) is 1.44. The second-order valence-electron chi connectivity index (χ2n) is 4.76. The summed E-state index contributed by atoms with van der Waals surface area (Å²) in [6.07, 6.45) is 1.42. The van der Waals surface area contributed by atoms with Gasteiger partial charge in [-0.25, -0.2) is 0 Å². The van der Waals surface area contributed by atoms with Gasteiger partial charge in [0.05, 0.1) is 4.91 Å². The van der Waals surface area contributed by atoms with E-state index in [2.05, 4.69) is 5.32 Å². The van der Waals surface area contributed by atoms with E-state index < -0.39 is 5.97 Å². The molecular weight excluding hydrogens is 336 g/mol. The first-order valence-electron chi connectivity index (χ1n) is 6.69. The Hall–Kier alpha value is -2.19. The number of aliphatic carboxylic acids is 1. The Bertz CT molecular complexity index is 698. The largest absolute Gasteiger partial charge is 0.550 e. The lowest BCUT2D eigenvalue weighted by Crippen LogP contribution is -2.33. The van der Waals surface area contributed by atoms with Crippen LogP contribution in [0.2, 0.25) is 0 Å². The van der Waals surface area contributed by atoms with E-state index in [1.165, 1.54) is 11.8 Å². The van der Waals surface area contributed by atoms with E-state index in [1.807, 2.05) is 0 Å². The number of anilines is 1. The fourth-order valence-corrected chi connectivity index (χ4v) is 3.22. The second kappa shape index (κ2) is 7.38. The van der Waals surface area contributed by atoms with Crippen molar-refractivity contribution >= 4 is 57.8 Å². The van der Waals surface area contributed by atoms with E-state index in [0.29, 0.717) is 14.9 Å². The SMILES string of the molecule is CC(=O)Nc1ccc(/C=C2\SC(=S)N(CCC(=O)[O-])C2=O)cc1. The third kappa shape index (κ3) is 4.64. The van der Waals surface area contributed by atoms with Crippen LogP contribution < -0.4 is 10.4 Å². The summed E-state index contributed by atoms with van der Waals surface area (Å²) in [5.74, 6) is -1.70. The first-order chi connectivity index (χ1) is 10.9. The first kappa shape index (κ1) is 17.2. The van der Waals surface area contributed by atoms with E-state index in [9.17, 15) is 19.5 Å². The van der Waals surface area contributed by atoms with Crippen molar-refractivity contribution in [1.82, 2.24) is 4.90 Å². The van der Waals surface area contributed by atoms with Gasteiger partial charge in [0.15, 0.2) is 0 Å². The minimum Gasteiger partial charge on any atom is -0.550 e. The Labute approximate surface area is 142 Å². The molecule has 0 saturated carbocycles. The maximum atomic E-state index is 12.2. The molecule has 1 aromatic rings. The number of carboxylic acids is 1. The van der Waals surface area contributed by atoms with Crippen LogP contribution in [0, 0.1) is 0 Å². The highest BCUT2D eigenvalue weighted by Gasteiger charge is 2.31. The Morgan fingerprint density at radius 1 is 1.35 bits per heavy atom. The smallest absolute Gasteiger partial charge is 0.266 e. The topological polar surface area (TPSA) is 89.5 Å². The van der Waals surface area contributed by atoms with E-state index >= 15 is 0 Å². The molecule has 1 heterocycles. The summed E-state index contributed by atoms with van der Waals surface area (Å²) in [4.78, 5) is 35.4. The van der Waals surface area contributed by atoms with Crippen LogP contribution in [-0.2, 0) is 14.4 Å². The van der Waals surface area contributed by atoms with Crippen LogP contribution in [0.15, 0.2) is 29.2 Å². The average Bonchev–Trinajstić information content (AvgIpc) is 2.73. The van der Waals surface area contributed by atoms with Crippen molar-refractivity contribution in [3.8, 4) is 0 Å². The van der Waals surface area contributed by atoms with Crippen LogP contribution in [0.25, 0.3) is 6.08 Å². The molecule has 1 N–H and O–H groups in total. The summed E-state index contributed by atoms with van der Waals surface area (Å²) >= 11 is 6.23. The standard InChI is InChI=1S/C15H14N2O4S2/c1-9(18)16-11-4-2-10(3-5-11)8-12-14(21)17(15(22)23-12)7-6-13(19)20/h2-5,8H,6-7H2,1H3,(H,16,18)(H,19,20)/p-1/b12-8-. The van der Waals surface area contributed by atoms with Gasteiger partial charge in [0.2, 0.25) is 5.91 Å².